The largest absolute Gasteiger partial charge is 0.493 e. The summed E-state index contributed by atoms with van der Waals surface area (Å²) < 4.78 is 9.87. The smallest absolute Gasteiger partial charge is 0.263 e. The number of carbonyl (C=O) groups excluding carboxylic acids is 1. The summed E-state index contributed by atoms with van der Waals surface area (Å²) in [6.07, 6.45) is 0. The molecule has 0 aliphatic rings. The fourth-order valence-corrected chi connectivity index (χ4v) is 4.12. The molecule has 0 N–H and O–H groups in total. The highest BCUT2D eigenvalue weighted by atomic mass is 79.9. The molecule has 0 amide bonds. The Kier molecular flexibility index (Phi) is 5.50. The third-order valence-corrected chi connectivity index (χ3v) is 5.66. The summed E-state index contributed by atoms with van der Waals surface area (Å²) in [5.74, 6) is 0.578. The molecule has 20 heavy (non-hydrogen) atoms. The lowest BCUT2D eigenvalue weighted by Crippen LogP contribution is -2.12. The van der Waals surface area contributed by atoms with E-state index in [0.29, 0.717) is 21.4 Å². The first-order valence-electron chi connectivity index (χ1n) is 5.65. The third-order valence-electron chi connectivity index (χ3n) is 2.53. The van der Waals surface area contributed by atoms with Gasteiger partial charge in [0.2, 0.25) is 0 Å². The molecule has 0 unspecified atom stereocenters. The van der Waals surface area contributed by atoms with Gasteiger partial charge in [0.25, 0.3) is 5.91 Å². The lowest BCUT2D eigenvalue weighted by molar-refractivity contribution is 0.0955. The number of aromatic nitrogens is 1. The highest BCUT2D eigenvalue weighted by Gasteiger charge is 2.18. The number of benzene rings is 1. The minimum atomic E-state index is -0.141. The monoisotopic (exact) mass is 527 g/mol. The third kappa shape index (κ3) is 3.21. The second-order valence-corrected chi connectivity index (χ2v) is 7.10. The van der Waals surface area contributed by atoms with Crippen molar-refractivity contribution in [1.29, 1.82) is 0 Å². The lowest BCUT2D eigenvalue weighted by Gasteiger charge is -2.09. The van der Waals surface area contributed by atoms with E-state index in [2.05, 4.69) is 63.7 Å². The van der Waals surface area contributed by atoms with Crippen molar-refractivity contribution in [2.24, 2.45) is 0 Å². The van der Waals surface area contributed by atoms with Crippen LogP contribution in [0.4, 0.5) is 0 Å². The molecular weight excluding hydrogens is 522 g/mol. The second kappa shape index (κ2) is 6.77. The lowest BCUT2D eigenvalue weighted by atomic mass is 10.2. The number of hydrogen-bond acceptors (Lipinski definition) is 2. The fraction of sp³-hybridized carbons (Fsp3) is 0.154. The van der Waals surface area contributed by atoms with Crippen LogP contribution in [0, 0.1) is 0 Å². The van der Waals surface area contributed by atoms with Gasteiger partial charge in [-0.25, -0.2) is 0 Å². The zero-order valence-corrected chi connectivity index (χ0v) is 16.6. The van der Waals surface area contributed by atoms with Crippen LogP contribution in [0.15, 0.2) is 42.4 Å². The van der Waals surface area contributed by atoms with Crippen molar-refractivity contribution in [2.75, 3.05) is 6.61 Å². The van der Waals surface area contributed by atoms with E-state index in [1.807, 2.05) is 13.0 Å². The van der Waals surface area contributed by atoms with Gasteiger partial charge in [-0.05, 0) is 94.9 Å². The first-order chi connectivity index (χ1) is 9.45. The van der Waals surface area contributed by atoms with Crippen LogP contribution in [0.25, 0.3) is 0 Å². The second-order valence-electron chi connectivity index (χ2n) is 3.82. The van der Waals surface area contributed by atoms with Crippen LogP contribution >= 0.6 is 63.7 Å². The predicted molar refractivity (Wildman–Crippen MR) is 92.6 cm³/mol. The molecule has 2 aromatic rings. The molecule has 2 rings (SSSR count). The number of carbonyl (C=O) groups is 1. The molecule has 0 saturated carbocycles. The predicted octanol–water partition coefficient (Wildman–Crippen LogP) is 5.63. The van der Waals surface area contributed by atoms with E-state index < -0.39 is 0 Å². The molecule has 7 heteroatoms. The number of rotatable bonds is 3. The van der Waals surface area contributed by atoms with Crippen LogP contribution in [0.3, 0.4) is 0 Å². The number of hydrogen-bond donors (Lipinski definition) is 0. The molecule has 0 fully saturated rings. The Hall–Kier alpha value is -0.110. The molecule has 1 aromatic carbocycles. The molecule has 0 saturated heterocycles. The van der Waals surface area contributed by atoms with Crippen molar-refractivity contribution in [1.82, 2.24) is 4.57 Å². The van der Waals surface area contributed by atoms with E-state index in [1.54, 1.807) is 18.2 Å². The average Bonchev–Trinajstić information content (AvgIpc) is 2.65. The maximum atomic E-state index is 12.5. The zero-order chi connectivity index (χ0) is 14.9. The topological polar surface area (TPSA) is 31.2 Å². The molecule has 0 aliphatic carbocycles. The quantitative estimate of drug-likeness (QED) is 0.515. The minimum Gasteiger partial charge on any atom is -0.493 e. The summed E-state index contributed by atoms with van der Waals surface area (Å²) in [6, 6.07) is 7.08. The van der Waals surface area contributed by atoms with Gasteiger partial charge < -0.3 is 4.74 Å². The van der Waals surface area contributed by atoms with E-state index in [1.165, 1.54) is 4.57 Å². The molecule has 1 aromatic heterocycles. The van der Waals surface area contributed by atoms with Gasteiger partial charge in [0.15, 0.2) is 0 Å². The number of nitrogens with zero attached hydrogens (tertiary/aromatic N) is 1. The summed E-state index contributed by atoms with van der Waals surface area (Å²) in [5.41, 5.74) is 0.560. The van der Waals surface area contributed by atoms with E-state index in [4.69, 9.17) is 4.74 Å². The van der Waals surface area contributed by atoms with Gasteiger partial charge in [-0.1, -0.05) is 0 Å². The van der Waals surface area contributed by atoms with Crippen molar-refractivity contribution in [2.45, 2.75) is 6.92 Å². The van der Waals surface area contributed by atoms with Crippen LogP contribution < -0.4 is 4.74 Å². The Morgan fingerprint density at radius 1 is 1.15 bits per heavy atom. The van der Waals surface area contributed by atoms with Crippen LogP contribution in [-0.4, -0.2) is 17.1 Å². The van der Waals surface area contributed by atoms with Crippen LogP contribution in [0.1, 0.15) is 17.3 Å². The van der Waals surface area contributed by atoms with Crippen LogP contribution in [0.2, 0.25) is 0 Å². The Labute approximate surface area is 150 Å². The van der Waals surface area contributed by atoms with E-state index in [-0.39, 0.29) is 5.91 Å². The van der Waals surface area contributed by atoms with Gasteiger partial charge in [-0.2, -0.15) is 0 Å². The average molecular weight is 531 g/mol. The molecular formula is C13H9Br4NO2. The summed E-state index contributed by atoms with van der Waals surface area (Å²) in [4.78, 5) is 12.5. The van der Waals surface area contributed by atoms with Crippen LogP contribution in [-0.2, 0) is 0 Å². The summed E-state index contributed by atoms with van der Waals surface area (Å²) in [6.45, 7) is 2.49. The van der Waals surface area contributed by atoms with Gasteiger partial charge in [0, 0.05) is 5.56 Å². The van der Waals surface area contributed by atoms with E-state index in [0.717, 1.165) is 14.7 Å². The molecule has 1 heterocycles. The summed E-state index contributed by atoms with van der Waals surface area (Å²) >= 11 is 13.5. The Balaban J connectivity index is 2.41. The highest BCUT2D eigenvalue weighted by molar-refractivity contribution is 9.13. The fourth-order valence-electron chi connectivity index (χ4n) is 1.65. The molecule has 3 nitrogen and oxygen atoms in total. The summed E-state index contributed by atoms with van der Waals surface area (Å²) in [7, 11) is 0. The van der Waals surface area contributed by atoms with E-state index in [9.17, 15) is 4.79 Å². The standard InChI is InChI=1S/C13H9Br4NO2/c1-2-20-10-4-3-7(5-8(10)14)13(19)18-11(16)6-9(15)12(18)17/h3-6H,2H2,1H3. The Bertz CT molecular complexity index is 667. The van der Waals surface area contributed by atoms with Crippen molar-refractivity contribution in [3.63, 3.8) is 0 Å². The van der Waals surface area contributed by atoms with E-state index >= 15 is 0 Å². The molecule has 0 atom stereocenters. The minimum absolute atomic E-state index is 0.141. The van der Waals surface area contributed by atoms with Gasteiger partial charge in [-0.15, -0.1) is 0 Å². The van der Waals surface area contributed by atoms with Crippen LogP contribution in [0.5, 0.6) is 5.75 Å². The number of ether oxygens (including phenoxy) is 1. The normalized spacial score (nSPS) is 10.7. The molecule has 0 aliphatic heterocycles. The first-order valence-corrected chi connectivity index (χ1v) is 8.82. The molecule has 0 radical (unpaired) electrons. The maximum absolute atomic E-state index is 12.5. The first kappa shape index (κ1) is 16.3. The molecule has 0 bridgehead atoms. The van der Waals surface area contributed by atoms with Crippen molar-refractivity contribution >= 4 is 69.6 Å². The van der Waals surface area contributed by atoms with Crippen molar-refractivity contribution in [3.05, 3.63) is 48.0 Å². The summed E-state index contributed by atoms with van der Waals surface area (Å²) in [5, 5.41) is 0. The van der Waals surface area contributed by atoms with Gasteiger partial charge in [-0.3, -0.25) is 9.36 Å². The maximum Gasteiger partial charge on any atom is 0.263 e. The van der Waals surface area contributed by atoms with Crippen molar-refractivity contribution < 1.29 is 9.53 Å². The Morgan fingerprint density at radius 3 is 2.35 bits per heavy atom. The Morgan fingerprint density at radius 2 is 1.85 bits per heavy atom. The van der Waals surface area contributed by atoms with Crippen molar-refractivity contribution in [3.8, 4) is 5.75 Å². The number of halogens is 4. The molecule has 106 valence electrons. The van der Waals surface area contributed by atoms with Gasteiger partial charge in [0.1, 0.15) is 10.4 Å². The molecule has 0 spiro atoms. The highest BCUT2D eigenvalue weighted by Crippen LogP contribution is 2.32. The zero-order valence-electron chi connectivity index (χ0n) is 10.3. The van der Waals surface area contributed by atoms with Gasteiger partial charge >= 0.3 is 0 Å². The van der Waals surface area contributed by atoms with Gasteiger partial charge in [0.05, 0.1) is 20.2 Å². The SMILES string of the molecule is CCOc1ccc(C(=O)n2c(Br)cc(Br)c2Br)cc1Br.